The van der Waals surface area contributed by atoms with Gasteiger partial charge in [-0.1, -0.05) is 25.1 Å². The van der Waals surface area contributed by atoms with Crippen LogP contribution in [0.2, 0.25) is 0 Å². The summed E-state index contributed by atoms with van der Waals surface area (Å²) in [4.78, 5) is 8.27. The number of hydrogen-bond acceptors (Lipinski definition) is 5. The first kappa shape index (κ1) is 13.0. The van der Waals surface area contributed by atoms with Crippen LogP contribution in [-0.4, -0.2) is 27.4 Å². The summed E-state index contributed by atoms with van der Waals surface area (Å²) in [5.74, 6) is 0. The summed E-state index contributed by atoms with van der Waals surface area (Å²) < 4.78 is 7.04. The van der Waals surface area contributed by atoms with Crippen molar-refractivity contribution in [2.45, 2.75) is 38.4 Å². The third-order valence-corrected chi connectivity index (χ3v) is 2.75. The summed E-state index contributed by atoms with van der Waals surface area (Å²) in [6.45, 7) is 5.31. The lowest BCUT2D eigenvalue weighted by atomic mass is 10.3. The molecule has 0 amide bonds. The highest BCUT2D eigenvalue weighted by Crippen LogP contribution is 2.12. The zero-order valence-electron chi connectivity index (χ0n) is 9.99. The topological polar surface area (TPSA) is 63.8 Å². The molecule has 0 saturated heterocycles. The Labute approximate surface area is 99.8 Å². The minimum Gasteiger partial charge on any atom is -0.464 e. The van der Waals surface area contributed by atoms with Gasteiger partial charge in [-0.25, -0.2) is 0 Å². The maximum atomic E-state index is 7.83. The molecule has 90 valence electrons. The maximum absolute atomic E-state index is 7.83. The Morgan fingerprint density at radius 1 is 1.38 bits per heavy atom. The molecule has 0 atom stereocenters. The average Bonchev–Trinajstić information content (AvgIpc) is 2.27. The lowest BCUT2D eigenvalue weighted by Gasteiger charge is -2.11. The number of hydrogen-bond donors (Lipinski definition) is 1. The van der Waals surface area contributed by atoms with Gasteiger partial charge in [-0.05, 0) is 19.6 Å². The van der Waals surface area contributed by atoms with Crippen LogP contribution >= 0.6 is 11.8 Å². The minimum atomic E-state index is 0.219. The molecular formula is C10H18N4OS. The normalized spacial score (nSPS) is 10.4. The van der Waals surface area contributed by atoms with Gasteiger partial charge in [-0.15, -0.1) is 0 Å². The standard InChI is InChI=1S/C10H18N4OS/c1-4-6-7-14-8(11)12-9(15-5-2)13-10(14)16-3/h11H,4-7H2,1-3H3. The van der Waals surface area contributed by atoms with Crippen LogP contribution in [0.25, 0.3) is 0 Å². The molecule has 1 heterocycles. The van der Waals surface area contributed by atoms with Crippen LogP contribution in [0.4, 0.5) is 0 Å². The summed E-state index contributed by atoms with van der Waals surface area (Å²) >= 11 is 1.51. The van der Waals surface area contributed by atoms with Crippen LogP contribution in [0.1, 0.15) is 26.7 Å². The molecule has 1 N–H and O–H groups in total. The Morgan fingerprint density at radius 3 is 2.69 bits per heavy atom. The number of aromatic nitrogens is 3. The molecule has 0 aromatic carbocycles. The van der Waals surface area contributed by atoms with Crippen molar-refractivity contribution in [3.63, 3.8) is 0 Å². The van der Waals surface area contributed by atoms with Crippen molar-refractivity contribution in [2.24, 2.45) is 0 Å². The number of nitrogens with zero attached hydrogens (tertiary/aromatic N) is 3. The second-order valence-electron chi connectivity index (χ2n) is 3.25. The summed E-state index contributed by atoms with van der Waals surface area (Å²) in [6, 6.07) is 0.296. The van der Waals surface area contributed by atoms with Crippen molar-refractivity contribution in [2.75, 3.05) is 12.9 Å². The van der Waals surface area contributed by atoms with Gasteiger partial charge in [0.15, 0.2) is 5.16 Å². The van der Waals surface area contributed by atoms with Crippen LogP contribution in [0, 0.1) is 5.41 Å². The van der Waals surface area contributed by atoms with Crippen LogP contribution in [0.15, 0.2) is 5.16 Å². The first-order chi connectivity index (χ1) is 7.72. The summed E-state index contributed by atoms with van der Waals surface area (Å²) in [6.07, 6.45) is 4.06. The number of nitrogens with one attached hydrogen (secondary N) is 1. The van der Waals surface area contributed by atoms with Gasteiger partial charge in [0.25, 0.3) is 0 Å². The highest BCUT2D eigenvalue weighted by molar-refractivity contribution is 7.98. The highest BCUT2D eigenvalue weighted by Gasteiger charge is 2.07. The highest BCUT2D eigenvalue weighted by atomic mass is 32.2. The molecule has 0 saturated carbocycles. The fourth-order valence-corrected chi connectivity index (χ4v) is 1.84. The average molecular weight is 242 g/mol. The molecular weight excluding hydrogens is 224 g/mol. The van der Waals surface area contributed by atoms with Gasteiger partial charge in [0.1, 0.15) is 0 Å². The Bertz CT molecular complexity index is 391. The van der Waals surface area contributed by atoms with Crippen molar-refractivity contribution in [3.05, 3.63) is 5.62 Å². The predicted molar refractivity (Wildman–Crippen MR) is 63.7 cm³/mol. The quantitative estimate of drug-likeness (QED) is 0.771. The molecule has 0 bridgehead atoms. The molecule has 1 aromatic rings. The van der Waals surface area contributed by atoms with Gasteiger partial charge < -0.3 is 4.74 Å². The second-order valence-corrected chi connectivity index (χ2v) is 4.03. The Kier molecular flexibility index (Phi) is 5.31. The molecule has 1 rings (SSSR count). The van der Waals surface area contributed by atoms with Crippen LogP contribution in [-0.2, 0) is 6.54 Å². The number of thioether (sulfide) groups is 1. The number of unbranched alkanes of at least 4 members (excludes halogenated alkanes) is 1. The fourth-order valence-electron chi connectivity index (χ4n) is 1.28. The molecule has 0 aliphatic rings. The first-order valence-corrected chi connectivity index (χ1v) is 6.65. The zero-order chi connectivity index (χ0) is 12.0. The van der Waals surface area contributed by atoms with Gasteiger partial charge in [-0.3, -0.25) is 9.98 Å². The van der Waals surface area contributed by atoms with Crippen molar-refractivity contribution >= 4 is 11.8 Å². The summed E-state index contributed by atoms with van der Waals surface area (Å²) in [5, 5.41) is 8.62. The van der Waals surface area contributed by atoms with Gasteiger partial charge in [0.05, 0.1) is 6.61 Å². The van der Waals surface area contributed by atoms with E-state index in [1.54, 1.807) is 0 Å². The molecule has 0 unspecified atom stereocenters. The lowest BCUT2D eigenvalue weighted by Crippen LogP contribution is -2.26. The molecule has 5 nitrogen and oxygen atoms in total. The van der Waals surface area contributed by atoms with Crippen LogP contribution in [0.5, 0.6) is 6.01 Å². The minimum absolute atomic E-state index is 0.219. The molecule has 1 aromatic heterocycles. The molecule has 0 spiro atoms. The fraction of sp³-hybridized carbons (Fsp3) is 0.700. The van der Waals surface area contributed by atoms with Crippen LogP contribution < -0.4 is 10.4 Å². The van der Waals surface area contributed by atoms with Crippen molar-refractivity contribution in [1.29, 1.82) is 5.41 Å². The third kappa shape index (κ3) is 3.23. The van der Waals surface area contributed by atoms with Crippen molar-refractivity contribution in [1.82, 2.24) is 14.5 Å². The van der Waals surface area contributed by atoms with Gasteiger partial charge in [0, 0.05) is 6.54 Å². The van der Waals surface area contributed by atoms with E-state index in [1.807, 2.05) is 17.7 Å². The third-order valence-electron chi connectivity index (χ3n) is 2.07. The van der Waals surface area contributed by atoms with E-state index in [-0.39, 0.29) is 5.62 Å². The Balaban J connectivity index is 3.03. The van der Waals surface area contributed by atoms with Gasteiger partial charge in [-0.2, -0.15) is 9.97 Å². The summed E-state index contributed by atoms with van der Waals surface area (Å²) in [5.41, 5.74) is 0.219. The van der Waals surface area contributed by atoms with E-state index in [0.29, 0.717) is 12.6 Å². The Morgan fingerprint density at radius 2 is 2.12 bits per heavy atom. The van der Waals surface area contributed by atoms with Gasteiger partial charge >= 0.3 is 6.01 Å². The smallest absolute Gasteiger partial charge is 0.322 e. The van der Waals surface area contributed by atoms with Crippen LogP contribution in [0.3, 0.4) is 0 Å². The second kappa shape index (κ2) is 6.52. The zero-order valence-corrected chi connectivity index (χ0v) is 10.8. The molecule has 6 heteroatoms. The number of rotatable bonds is 6. The lowest BCUT2D eigenvalue weighted by molar-refractivity contribution is 0.299. The van der Waals surface area contributed by atoms with Crippen molar-refractivity contribution < 1.29 is 4.74 Å². The van der Waals surface area contributed by atoms with Crippen molar-refractivity contribution in [3.8, 4) is 6.01 Å². The van der Waals surface area contributed by atoms with E-state index < -0.39 is 0 Å². The summed E-state index contributed by atoms with van der Waals surface area (Å²) in [7, 11) is 0. The molecule has 0 aliphatic heterocycles. The van der Waals surface area contributed by atoms with E-state index in [9.17, 15) is 0 Å². The number of ether oxygens (including phenoxy) is 1. The molecule has 0 fully saturated rings. The first-order valence-electron chi connectivity index (χ1n) is 5.43. The van der Waals surface area contributed by atoms with E-state index in [1.165, 1.54) is 11.8 Å². The van der Waals surface area contributed by atoms with E-state index in [4.69, 9.17) is 10.1 Å². The maximum Gasteiger partial charge on any atom is 0.322 e. The van der Waals surface area contributed by atoms with E-state index in [2.05, 4.69) is 16.9 Å². The molecule has 0 radical (unpaired) electrons. The Hall–Kier alpha value is -1.04. The predicted octanol–water partition coefficient (Wildman–Crippen LogP) is 1.68. The monoisotopic (exact) mass is 242 g/mol. The van der Waals surface area contributed by atoms with E-state index >= 15 is 0 Å². The largest absolute Gasteiger partial charge is 0.464 e. The molecule has 16 heavy (non-hydrogen) atoms. The SMILES string of the molecule is CCCCn1c(SC)nc(OCC)nc1=N. The van der Waals surface area contributed by atoms with Gasteiger partial charge in [0.2, 0.25) is 5.62 Å². The molecule has 0 aliphatic carbocycles. The van der Waals surface area contributed by atoms with E-state index in [0.717, 1.165) is 24.5 Å².